The van der Waals surface area contributed by atoms with Gasteiger partial charge in [-0.25, -0.2) is 0 Å². The van der Waals surface area contributed by atoms with Gasteiger partial charge in [0.2, 0.25) is 11.7 Å². The van der Waals surface area contributed by atoms with E-state index in [9.17, 15) is 4.79 Å². The van der Waals surface area contributed by atoms with E-state index >= 15 is 0 Å². The molecule has 1 N–H and O–H groups in total. The number of rotatable bonds is 8. The molecule has 0 spiro atoms. The van der Waals surface area contributed by atoms with Crippen LogP contribution >= 0.6 is 0 Å². The van der Waals surface area contributed by atoms with Gasteiger partial charge in [0.1, 0.15) is 17.1 Å². The number of aromatic nitrogens is 2. The molecule has 3 aromatic rings. The number of carbonyl (C=O) groups is 1. The normalized spacial score (nSPS) is 10.3. The molecule has 1 amide bonds. The van der Waals surface area contributed by atoms with Crippen molar-refractivity contribution < 1.29 is 28.3 Å². The van der Waals surface area contributed by atoms with Crippen molar-refractivity contribution in [1.29, 1.82) is 0 Å². The lowest BCUT2D eigenvalue weighted by atomic mass is 10.1. The van der Waals surface area contributed by atoms with E-state index in [4.69, 9.17) is 23.5 Å². The van der Waals surface area contributed by atoms with Crippen molar-refractivity contribution >= 4 is 5.91 Å². The molecule has 0 radical (unpaired) electrons. The van der Waals surface area contributed by atoms with E-state index in [1.165, 1.54) is 14.2 Å². The van der Waals surface area contributed by atoms with Crippen LogP contribution in [0.5, 0.6) is 23.0 Å². The fraction of sp³-hybridized carbons (Fsp3) is 0.250. The fourth-order valence-corrected chi connectivity index (χ4v) is 2.74. The van der Waals surface area contributed by atoms with Crippen LogP contribution in [0.3, 0.4) is 0 Å². The highest BCUT2D eigenvalue weighted by molar-refractivity contribution is 5.99. The summed E-state index contributed by atoms with van der Waals surface area (Å²) < 4.78 is 26.2. The van der Waals surface area contributed by atoms with Crippen molar-refractivity contribution in [3.8, 4) is 34.4 Å². The van der Waals surface area contributed by atoms with Gasteiger partial charge >= 0.3 is 0 Å². The first-order chi connectivity index (χ1) is 14.1. The molecule has 9 nitrogen and oxygen atoms in total. The molecule has 0 atom stereocenters. The maximum absolute atomic E-state index is 12.6. The Balaban J connectivity index is 1.74. The minimum absolute atomic E-state index is 0.0420. The van der Waals surface area contributed by atoms with Gasteiger partial charge in [-0.2, -0.15) is 4.98 Å². The third kappa shape index (κ3) is 4.23. The van der Waals surface area contributed by atoms with E-state index in [1.807, 2.05) is 0 Å². The van der Waals surface area contributed by atoms with E-state index in [-0.39, 0.29) is 23.9 Å². The molecule has 9 heteroatoms. The number of hydrogen-bond acceptors (Lipinski definition) is 8. The van der Waals surface area contributed by atoms with Crippen LogP contribution in [0.15, 0.2) is 40.9 Å². The van der Waals surface area contributed by atoms with Gasteiger partial charge in [-0.15, -0.1) is 0 Å². The van der Waals surface area contributed by atoms with Crippen molar-refractivity contribution in [1.82, 2.24) is 15.5 Å². The van der Waals surface area contributed by atoms with Gasteiger partial charge in [0.05, 0.1) is 35.0 Å². The van der Waals surface area contributed by atoms with Crippen LogP contribution in [-0.4, -0.2) is 44.5 Å². The molecule has 3 rings (SSSR count). The lowest BCUT2D eigenvalue weighted by Gasteiger charge is -2.12. The van der Waals surface area contributed by atoms with Gasteiger partial charge in [0.15, 0.2) is 11.5 Å². The number of hydrogen-bond donors (Lipinski definition) is 1. The molecule has 1 heterocycles. The average Bonchev–Trinajstić information content (AvgIpc) is 3.25. The Hall–Kier alpha value is -3.75. The molecule has 0 aliphatic rings. The third-order valence-electron chi connectivity index (χ3n) is 4.16. The molecule has 0 fully saturated rings. The second kappa shape index (κ2) is 8.96. The minimum atomic E-state index is -0.384. The summed E-state index contributed by atoms with van der Waals surface area (Å²) in [6.45, 7) is 0.0420. The summed E-state index contributed by atoms with van der Waals surface area (Å²) in [4.78, 5) is 16.9. The largest absolute Gasteiger partial charge is 0.496 e. The van der Waals surface area contributed by atoms with E-state index < -0.39 is 0 Å². The third-order valence-corrected chi connectivity index (χ3v) is 4.16. The van der Waals surface area contributed by atoms with Crippen LogP contribution < -0.4 is 24.3 Å². The van der Waals surface area contributed by atoms with Crippen LogP contribution in [0.1, 0.15) is 16.2 Å². The Bertz CT molecular complexity index is 979. The zero-order valence-corrected chi connectivity index (χ0v) is 16.5. The number of nitrogens with zero attached hydrogens (tertiary/aromatic N) is 2. The van der Waals surface area contributed by atoms with Crippen LogP contribution in [0.4, 0.5) is 0 Å². The van der Waals surface area contributed by atoms with E-state index in [0.29, 0.717) is 34.4 Å². The zero-order valence-electron chi connectivity index (χ0n) is 16.5. The molecule has 0 bridgehead atoms. The Morgan fingerprint density at radius 2 is 1.59 bits per heavy atom. The number of carbonyl (C=O) groups excluding carboxylic acids is 1. The molecule has 0 aliphatic carbocycles. The molecule has 0 saturated carbocycles. The minimum Gasteiger partial charge on any atom is -0.496 e. The molecule has 152 valence electrons. The topological polar surface area (TPSA) is 105 Å². The Morgan fingerprint density at radius 3 is 2.21 bits per heavy atom. The summed E-state index contributed by atoms with van der Waals surface area (Å²) in [5, 5.41) is 6.68. The Kier molecular flexibility index (Phi) is 6.18. The molecule has 0 saturated heterocycles. The smallest absolute Gasteiger partial charge is 0.259 e. The van der Waals surface area contributed by atoms with Crippen LogP contribution in [-0.2, 0) is 6.54 Å². The summed E-state index contributed by atoms with van der Waals surface area (Å²) in [5.41, 5.74) is 0.979. The number of benzene rings is 2. The van der Waals surface area contributed by atoms with Crippen molar-refractivity contribution in [3.05, 3.63) is 47.9 Å². The monoisotopic (exact) mass is 399 g/mol. The quantitative estimate of drug-likeness (QED) is 0.616. The number of amides is 1. The highest BCUT2D eigenvalue weighted by Gasteiger charge is 2.19. The Morgan fingerprint density at radius 1 is 0.931 bits per heavy atom. The first-order valence-corrected chi connectivity index (χ1v) is 8.65. The lowest BCUT2D eigenvalue weighted by molar-refractivity contribution is 0.0940. The van der Waals surface area contributed by atoms with Gasteiger partial charge in [-0.1, -0.05) is 11.2 Å². The van der Waals surface area contributed by atoms with E-state index in [1.54, 1.807) is 50.6 Å². The summed E-state index contributed by atoms with van der Waals surface area (Å²) in [6, 6.07) is 10.4. The molecule has 29 heavy (non-hydrogen) atoms. The first kappa shape index (κ1) is 20.0. The molecule has 0 unspecified atom stereocenters. The SMILES string of the molecule is COc1ccc(-c2noc(CNC(=O)c3c(OC)cccc3OC)n2)cc1OC. The van der Waals surface area contributed by atoms with Crippen molar-refractivity contribution in [2.24, 2.45) is 0 Å². The summed E-state index contributed by atoms with van der Waals surface area (Å²) >= 11 is 0. The van der Waals surface area contributed by atoms with Gasteiger partial charge < -0.3 is 28.8 Å². The highest BCUT2D eigenvalue weighted by atomic mass is 16.5. The van der Waals surface area contributed by atoms with Gasteiger partial charge in [0, 0.05) is 5.56 Å². The predicted octanol–water partition coefficient (Wildman–Crippen LogP) is 2.70. The second-order valence-electron chi connectivity index (χ2n) is 5.80. The maximum Gasteiger partial charge on any atom is 0.259 e. The summed E-state index contributed by atoms with van der Waals surface area (Å²) in [5.74, 6) is 2.18. The number of nitrogens with one attached hydrogen (secondary N) is 1. The maximum atomic E-state index is 12.6. The van der Waals surface area contributed by atoms with Gasteiger partial charge in [-0.3, -0.25) is 4.79 Å². The summed E-state index contributed by atoms with van der Waals surface area (Å²) in [6.07, 6.45) is 0. The number of methoxy groups -OCH3 is 4. The van der Waals surface area contributed by atoms with Crippen LogP contribution in [0, 0.1) is 0 Å². The highest BCUT2D eigenvalue weighted by Crippen LogP contribution is 2.31. The van der Waals surface area contributed by atoms with Crippen molar-refractivity contribution in [3.63, 3.8) is 0 Å². The predicted molar refractivity (Wildman–Crippen MR) is 104 cm³/mol. The van der Waals surface area contributed by atoms with Crippen LogP contribution in [0.2, 0.25) is 0 Å². The summed E-state index contributed by atoms with van der Waals surface area (Å²) in [7, 11) is 6.08. The zero-order chi connectivity index (χ0) is 20.8. The molecule has 2 aromatic carbocycles. The fourth-order valence-electron chi connectivity index (χ4n) is 2.74. The van der Waals surface area contributed by atoms with Gasteiger partial charge in [0.25, 0.3) is 5.91 Å². The average molecular weight is 399 g/mol. The molecular weight excluding hydrogens is 378 g/mol. The number of ether oxygens (including phenoxy) is 4. The van der Waals surface area contributed by atoms with Gasteiger partial charge in [-0.05, 0) is 30.3 Å². The van der Waals surface area contributed by atoms with E-state index in [0.717, 1.165) is 0 Å². The first-order valence-electron chi connectivity index (χ1n) is 8.65. The van der Waals surface area contributed by atoms with Crippen LogP contribution in [0.25, 0.3) is 11.4 Å². The molecule has 0 aliphatic heterocycles. The second-order valence-corrected chi connectivity index (χ2v) is 5.80. The van der Waals surface area contributed by atoms with Crippen molar-refractivity contribution in [2.45, 2.75) is 6.54 Å². The standard InChI is InChI=1S/C20H21N3O6/c1-25-13-9-8-12(10-16(13)28-4)19-22-17(29-23-19)11-21-20(24)18-14(26-2)6-5-7-15(18)27-3/h5-10H,11H2,1-4H3,(H,21,24). The lowest BCUT2D eigenvalue weighted by Crippen LogP contribution is -2.24. The molecule has 1 aromatic heterocycles. The van der Waals surface area contributed by atoms with Crippen molar-refractivity contribution in [2.75, 3.05) is 28.4 Å². The Labute approximate surface area is 167 Å². The van der Waals surface area contributed by atoms with E-state index in [2.05, 4.69) is 15.5 Å². The molecular formula is C20H21N3O6.